The van der Waals surface area contributed by atoms with Gasteiger partial charge in [-0.15, -0.1) is 0 Å². The number of benzene rings is 2. The number of halogens is 4. The first-order chi connectivity index (χ1) is 15.6. The molecule has 1 heterocycles. The molecule has 0 radical (unpaired) electrons. The third kappa shape index (κ3) is 5.11. The van der Waals surface area contributed by atoms with Gasteiger partial charge in [0.05, 0.1) is 29.5 Å². The van der Waals surface area contributed by atoms with E-state index in [1.54, 1.807) is 26.0 Å². The summed E-state index contributed by atoms with van der Waals surface area (Å²) in [4.78, 5) is 38.1. The summed E-state index contributed by atoms with van der Waals surface area (Å²) in [6.45, 7) is 4.27. The molecule has 1 aliphatic heterocycles. The highest BCUT2D eigenvalue weighted by molar-refractivity contribution is 6.42. The minimum atomic E-state index is -4.73. The zero-order chi connectivity index (χ0) is 24.3. The number of nitrogens with zero attached hydrogens (tertiary/aromatic N) is 1. The van der Waals surface area contributed by atoms with E-state index in [1.165, 1.54) is 12.1 Å². The van der Waals surface area contributed by atoms with Gasteiger partial charge in [-0.25, -0.2) is 9.69 Å². The van der Waals surface area contributed by atoms with Crippen LogP contribution in [0.5, 0.6) is 11.5 Å². The van der Waals surface area contributed by atoms with Gasteiger partial charge in [0.25, 0.3) is 11.8 Å². The fourth-order valence-electron chi connectivity index (χ4n) is 3.06. The van der Waals surface area contributed by atoms with Crippen LogP contribution in [-0.2, 0) is 15.8 Å². The van der Waals surface area contributed by atoms with Crippen LogP contribution in [0.4, 0.5) is 23.7 Å². The summed E-state index contributed by atoms with van der Waals surface area (Å²) < 4.78 is 50.4. The molecule has 3 rings (SSSR count). The normalized spacial score (nSPS) is 15.6. The number of ether oxygens (including phenoxy) is 2. The van der Waals surface area contributed by atoms with Crippen LogP contribution in [0, 0.1) is 0 Å². The molecule has 0 atom stereocenters. The first kappa shape index (κ1) is 24.1. The minimum Gasteiger partial charge on any atom is -0.490 e. The van der Waals surface area contributed by atoms with Crippen molar-refractivity contribution >= 4 is 41.2 Å². The highest BCUT2D eigenvalue weighted by atomic mass is 35.5. The molecule has 1 fully saturated rings. The molecule has 0 aliphatic carbocycles. The Morgan fingerprint density at radius 3 is 2.30 bits per heavy atom. The first-order valence-electron chi connectivity index (χ1n) is 9.74. The number of amides is 4. The first-order valence-corrected chi connectivity index (χ1v) is 10.1. The molecule has 1 aliphatic rings. The molecule has 0 spiro atoms. The van der Waals surface area contributed by atoms with Crippen molar-refractivity contribution in [1.82, 2.24) is 5.32 Å². The average molecular weight is 483 g/mol. The van der Waals surface area contributed by atoms with E-state index in [1.807, 2.05) is 5.32 Å². The second kappa shape index (κ2) is 9.53. The smallest absolute Gasteiger partial charge is 0.416 e. The van der Waals surface area contributed by atoms with E-state index in [0.29, 0.717) is 41.2 Å². The third-order valence-corrected chi connectivity index (χ3v) is 4.81. The molecular weight excluding hydrogens is 465 g/mol. The number of anilines is 1. The average Bonchev–Trinajstić information content (AvgIpc) is 2.73. The maximum Gasteiger partial charge on any atom is 0.416 e. The van der Waals surface area contributed by atoms with Crippen molar-refractivity contribution < 1.29 is 37.0 Å². The van der Waals surface area contributed by atoms with Gasteiger partial charge in [-0.2, -0.15) is 13.2 Å². The second-order valence-electron chi connectivity index (χ2n) is 6.69. The molecule has 33 heavy (non-hydrogen) atoms. The van der Waals surface area contributed by atoms with Crippen LogP contribution in [0.15, 0.2) is 42.0 Å². The number of imide groups is 2. The summed E-state index contributed by atoms with van der Waals surface area (Å²) >= 11 is 5.98. The lowest BCUT2D eigenvalue weighted by molar-refractivity contribution is -0.137. The highest BCUT2D eigenvalue weighted by Crippen LogP contribution is 2.37. The largest absolute Gasteiger partial charge is 0.490 e. The van der Waals surface area contributed by atoms with Crippen LogP contribution < -0.4 is 19.7 Å². The topological polar surface area (TPSA) is 84.9 Å². The number of nitrogens with one attached hydrogen (secondary N) is 1. The van der Waals surface area contributed by atoms with E-state index in [4.69, 9.17) is 21.1 Å². The van der Waals surface area contributed by atoms with Crippen LogP contribution >= 0.6 is 11.6 Å². The Balaban J connectivity index is 2.05. The molecule has 2 aromatic rings. The van der Waals surface area contributed by atoms with Crippen molar-refractivity contribution in [3.8, 4) is 11.5 Å². The van der Waals surface area contributed by atoms with Crippen molar-refractivity contribution in [3.05, 3.63) is 58.1 Å². The molecule has 4 amide bonds. The zero-order valence-corrected chi connectivity index (χ0v) is 18.2. The Morgan fingerprint density at radius 2 is 1.67 bits per heavy atom. The number of carbonyl (C=O) groups is 3. The monoisotopic (exact) mass is 482 g/mol. The molecule has 2 aromatic carbocycles. The van der Waals surface area contributed by atoms with Gasteiger partial charge in [0.15, 0.2) is 11.5 Å². The Labute approximate surface area is 191 Å². The van der Waals surface area contributed by atoms with Gasteiger partial charge in [0.1, 0.15) is 5.57 Å². The predicted molar refractivity (Wildman–Crippen MR) is 114 cm³/mol. The lowest BCUT2D eigenvalue weighted by Crippen LogP contribution is -2.54. The molecule has 0 unspecified atom stereocenters. The van der Waals surface area contributed by atoms with Gasteiger partial charge in [0, 0.05) is 0 Å². The van der Waals surface area contributed by atoms with Gasteiger partial charge >= 0.3 is 12.2 Å². The molecule has 0 aromatic heterocycles. The van der Waals surface area contributed by atoms with Crippen LogP contribution in [0.3, 0.4) is 0 Å². The summed E-state index contributed by atoms with van der Waals surface area (Å²) in [5.74, 6) is -1.31. The van der Waals surface area contributed by atoms with Crippen molar-refractivity contribution in [1.29, 1.82) is 0 Å². The van der Waals surface area contributed by atoms with Crippen molar-refractivity contribution in [3.63, 3.8) is 0 Å². The molecular formula is C22H18ClF3N2O5. The molecule has 11 heteroatoms. The number of alkyl halides is 3. The summed E-state index contributed by atoms with van der Waals surface area (Å²) in [7, 11) is 0. The third-order valence-electron chi connectivity index (χ3n) is 4.49. The summed E-state index contributed by atoms with van der Waals surface area (Å²) in [6.07, 6.45) is -3.54. The number of hydrogen-bond donors (Lipinski definition) is 1. The van der Waals surface area contributed by atoms with Gasteiger partial charge in [-0.1, -0.05) is 17.7 Å². The van der Waals surface area contributed by atoms with Crippen molar-refractivity contribution in [2.45, 2.75) is 20.0 Å². The second-order valence-corrected chi connectivity index (χ2v) is 7.10. The zero-order valence-electron chi connectivity index (χ0n) is 17.5. The standard InChI is InChI=1S/C22H18ClF3N2O5/c1-3-32-17-8-5-12(10-18(17)33-4-2)9-14-19(29)27-21(31)28(20(14)30)16-11-13(22(24,25)26)6-7-15(16)23/h5-11H,3-4H2,1-2H3,(H,27,29,31)/b14-9+. The number of barbiturate groups is 1. The Hall–Kier alpha value is -3.53. The van der Waals surface area contributed by atoms with E-state index < -0.39 is 40.8 Å². The Bertz CT molecular complexity index is 1150. The van der Waals surface area contributed by atoms with Gasteiger partial charge in [-0.3, -0.25) is 14.9 Å². The van der Waals surface area contributed by atoms with Crippen molar-refractivity contribution in [2.75, 3.05) is 18.1 Å². The molecule has 1 N–H and O–H groups in total. The summed E-state index contributed by atoms with van der Waals surface area (Å²) in [6, 6.07) is 5.65. The summed E-state index contributed by atoms with van der Waals surface area (Å²) in [5.41, 5.74) is -1.73. The molecule has 0 saturated carbocycles. The number of carbonyl (C=O) groups excluding carboxylic acids is 3. The number of urea groups is 1. The minimum absolute atomic E-state index is 0.278. The Morgan fingerprint density at radius 1 is 1.00 bits per heavy atom. The molecule has 0 bridgehead atoms. The molecule has 7 nitrogen and oxygen atoms in total. The maximum atomic E-state index is 13.1. The lowest BCUT2D eigenvalue weighted by atomic mass is 10.1. The van der Waals surface area contributed by atoms with Crippen LogP contribution in [-0.4, -0.2) is 31.1 Å². The van der Waals surface area contributed by atoms with Crippen LogP contribution in [0.25, 0.3) is 6.08 Å². The van der Waals surface area contributed by atoms with Gasteiger partial charge in [-0.05, 0) is 55.8 Å². The SMILES string of the molecule is CCOc1ccc(/C=C2\C(=O)NC(=O)N(c3cc(C(F)(F)F)ccc3Cl)C2=O)cc1OCC. The van der Waals surface area contributed by atoms with Gasteiger partial charge < -0.3 is 9.47 Å². The molecule has 174 valence electrons. The van der Waals surface area contributed by atoms with Crippen LogP contribution in [0.2, 0.25) is 5.02 Å². The fraction of sp³-hybridized carbons (Fsp3) is 0.227. The van der Waals surface area contributed by atoms with E-state index in [0.717, 1.165) is 12.1 Å². The number of rotatable bonds is 6. The fourth-order valence-corrected chi connectivity index (χ4v) is 3.26. The van der Waals surface area contributed by atoms with E-state index >= 15 is 0 Å². The van der Waals surface area contributed by atoms with Gasteiger partial charge in [0.2, 0.25) is 0 Å². The Kier molecular flexibility index (Phi) is 6.97. The lowest BCUT2D eigenvalue weighted by Gasteiger charge is -2.27. The van der Waals surface area contributed by atoms with E-state index in [9.17, 15) is 27.6 Å². The molecule has 1 saturated heterocycles. The van der Waals surface area contributed by atoms with E-state index in [-0.39, 0.29) is 5.02 Å². The predicted octanol–water partition coefficient (Wildman–Crippen LogP) is 4.82. The highest BCUT2D eigenvalue weighted by Gasteiger charge is 2.39. The quantitative estimate of drug-likeness (QED) is 0.471. The number of hydrogen-bond acceptors (Lipinski definition) is 5. The van der Waals surface area contributed by atoms with Crippen LogP contribution in [0.1, 0.15) is 25.0 Å². The maximum absolute atomic E-state index is 13.1. The summed E-state index contributed by atoms with van der Waals surface area (Å²) in [5, 5.41) is 1.67. The van der Waals surface area contributed by atoms with Crippen molar-refractivity contribution in [2.24, 2.45) is 0 Å². The van der Waals surface area contributed by atoms with E-state index in [2.05, 4.69) is 0 Å².